The Kier molecular flexibility index (Phi) is 2.04. The van der Waals surface area contributed by atoms with E-state index in [0.29, 0.717) is 5.88 Å². The van der Waals surface area contributed by atoms with Crippen LogP contribution < -0.4 is 9.92 Å². The third-order valence-electron chi connectivity index (χ3n) is 1.54. The first-order chi connectivity index (χ1) is 5.05. The Bertz CT molecular complexity index is 239. The molecule has 0 aliphatic heterocycles. The molecule has 0 unspecified atom stereocenters. The monoisotopic (exact) mass is 171 g/mol. The lowest BCUT2D eigenvalue weighted by atomic mass is 10.7. The van der Waals surface area contributed by atoms with Crippen LogP contribution in [0.2, 0.25) is 19.6 Å². The van der Waals surface area contributed by atoms with Gasteiger partial charge in [-0.3, -0.25) is 0 Å². The molecule has 1 rings (SSSR count). The molecular weight excluding hydrogens is 158 g/mol. The molecule has 0 atom stereocenters. The van der Waals surface area contributed by atoms with E-state index in [2.05, 4.69) is 24.8 Å². The van der Waals surface area contributed by atoms with E-state index in [1.807, 2.05) is 0 Å². The lowest BCUT2D eigenvalue weighted by molar-refractivity contribution is 0.339. The van der Waals surface area contributed by atoms with E-state index in [1.165, 1.54) is 0 Å². The predicted molar refractivity (Wildman–Crippen MR) is 46.0 cm³/mol. The normalized spacial score (nSPS) is 11.6. The van der Waals surface area contributed by atoms with Crippen LogP contribution in [0.3, 0.4) is 0 Å². The highest BCUT2D eigenvalue weighted by Crippen LogP contribution is 2.10. The van der Waals surface area contributed by atoms with Crippen molar-refractivity contribution in [3.63, 3.8) is 0 Å². The third kappa shape index (κ3) is 1.62. The Morgan fingerprint density at radius 1 is 1.45 bits per heavy atom. The second-order valence-corrected chi connectivity index (χ2v) is 8.53. The first-order valence-corrected chi connectivity index (χ1v) is 7.04. The van der Waals surface area contributed by atoms with Gasteiger partial charge < -0.3 is 9.26 Å². The molecule has 0 saturated carbocycles. The molecule has 1 aromatic rings. The highest BCUT2D eigenvalue weighted by atomic mass is 28.3. The zero-order valence-corrected chi connectivity index (χ0v) is 8.34. The zero-order valence-electron chi connectivity index (χ0n) is 7.34. The molecule has 4 heteroatoms. The highest BCUT2D eigenvalue weighted by molar-refractivity contribution is 6.89. The van der Waals surface area contributed by atoms with E-state index in [9.17, 15) is 0 Å². The van der Waals surface area contributed by atoms with E-state index in [4.69, 9.17) is 9.26 Å². The van der Waals surface area contributed by atoms with Crippen LogP contribution in [0.15, 0.2) is 10.8 Å². The maximum absolute atomic E-state index is 5.04. The van der Waals surface area contributed by atoms with Gasteiger partial charge in [-0.15, -0.1) is 0 Å². The standard InChI is InChI=1S/C7H13NO2Si/c1-9-7-6(5-10-8-7)11(2,3)4/h5H,1-4H3. The quantitative estimate of drug-likeness (QED) is 0.628. The summed E-state index contributed by atoms with van der Waals surface area (Å²) in [6, 6.07) is 0. The first kappa shape index (κ1) is 8.32. The fourth-order valence-electron chi connectivity index (χ4n) is 0.871. The van der Waals surface area contributed by atoms with Crippen LogP contribution in [0, 0.1) is 0 Å². The first-order valence-electron chi connectivity index (χ1n) is 3.54. The molecule has 1 heterocycles. The summed E-state index contributed by atoms with van der Waals surface area (Å²) in [4.78, 5) is 0. The van der Waals surface area contributed by atoms with E-state index >= 15 is 0 Å². The molecule has 0 spiro atoms. The summed E-state index contributed by atoms with van der Waals surface area (Å²) in [6.07, 6.45) is 1.69. The summed E-state index contributed by atoms with van der Waals surface area (Å²) < 4.78 is 9.86. The van der Waals surface area contributed by atoms with Gasteiger partial charge >= 0.3 is 0 Å². The van der Waals surface area contributed by atoms with Crippen LogP contribution in [0.5, 0.6) is 5.88 Å². The number of rotatable bonds is 2. The molecule has 62 valence electrons. The molecule has 0 fully saturated rings. The Morgan fingerprint density at radius 2 is 2.09 bits per heavy atom. The number of hydrogen-bond donors (Lipinski definition) is 0. The lowest BCUT2D eigenvalue weighted by Crippen LogP contribution is -2.37. The average molecular weight is 171 g/mol. The van der Waals surface area contributed by atoms with Crippen molar-refractivity contribution >= 4 is 13.3 Å². The Hall–Kier alpha value is -0.773. The Labute approximate surface area is 67.4 Å². The highest BCUT2D eigenvalue weighted by Gasteiger charge is 2.24. The second kappa shape index (κ2) is 2.69. The van der Waals surface area contributed by atoms with Crippen LogP contribution in [0.4, 0.5) is 0 Å². The van der Waals surface area contributed by atoms with Crippen molar-refractivity contribution in [2.24, 2.45) is 0 Å². The minimum atomic E-state index is -1.33. The largest absolute Gasteiger partial charge is 0.479 e. The number of nitrogens with zero attached hydrogens (tertiary/aromatic N) is 1. The molecule has 0 N–H and O–H groups in total. The molecule has 3 nitrogen and oxygen atoms in total. The Morgan fingerprint density at radius 3 is 2.45 bits per heavy atom. The molecule has 0 aliphatic rings. The molecule has 0 bridgehead atoms. The van der Waals surface area contributed by atoms with Crippen molar-refractivity contribution in [2.45, 2.75) is 19.6 Å². The van der Waals surface area contributed by atoms with E-state index in [-0.39, 0.29) is 0 Å². The molecule has 0 saturated heterocycles. The number of ether oxygens (including phenoxy) is 1. The molecule has 0 aliphatic carbocycles. The van der Waals surface area contributed by atoms with Crippen LogP contribution in [-0.2, 0) is 0 Å². The van der Waals surface area contributed by atoms with Gasteiger partial charge in [0.15, 0.2) is 0 Å². The van der Waals surface area contributed by atoms with Crippen LogP contribution in [-0.4, -0.2) is 20.3 Å². The molecular formula is C7H13NO2Si. The van der Waals surface area contributed by atoms with Crippen molar-refractivity contribution in [3.8, 4) is 5.88 Å². The van der Waals surface area contributed by atoms with Gasteiger partial charge in [0.1, 0.15) is 6.26 Å². The molecule has 0 amide bonds. The van der Waals surface area contributed by atoms with Crippen molar-refractivity contribution < 1.29 is 9.26 Å². The van der Waals surface area contributed by atoms with E-state index in [1.54, 1.807) is 13.4 Å². The third-order valence-corrected chi connectivity index (χ3v) is 3.49. The smallest absolute Gasteiger partial charge is 0.252 e. The fraction of sp³-hybridized carbons (Fsp3) is 0.571. The minimum Gasteiger partial charge on any atom is -0.479 e. The second-order valence-electron chi connectivity index (χ2n) is 3.49. The van der Waals surface area contributed by atoms with Gasteiger partial charge in [-0.25, -0.2) is 0 Å². The number of hydrogen-bond acceptors (Lipinski definition) is 3. The molecule has 0 radical (unpaired) electrons. The van der Waals surface area contributed by atoms with E-state index in [0.717, 1.165) is 5.19 Å². The van der Waals surface area contributed by atoms with Crippen molar-refractivity contribution in [2.75, 3.05) is 7.11 Å². The maximum atomic E-state index is 5.04. The maximum Gasteiger partial charge on any atom is 0.252 e. The summed E-state index contributed by atoms with van der Waals surface area (Å²) in [7, 11) is 0.285. The van der Waals surface area contributed by atoms with Crippen LogP contribution in [0.25, 0.3) is 0 Å². The summed E-state index contributed by atoms with van der Waals surface area (Å²) in [5, 5.41) is 4.88. The van der Waals surface area contributed by atoms with Gasteiger partial charge in [0.25, 0.3) is 5.88 Å². The average Bonchev–Trinajstić information content (AvgIpc) is 2.31. The van der Waals surface area contributed by atoms with E-state index < -0.39 is 8.07 Å². The van der Waals surface area contributed by atoms with Gasteiger partial charge in [0.2, 0.25) is 0 Å². The fourth-order valence-corrected chi connectivity index (χ4v) is 2.07. The van der Waals surface area contributed by atoms with Crippen molar-refractivity contribution in [1.29, 1.82) is 0 Å². The topological polar surface area (TPSA) is 35.3 Å². The van der Waals surface area contributed by atoms with Crippen LogP contribution >= 0.6 is 0 Å². The van der Waals surface area contributed by atoms with Crippen molar-refractivity contribution in [1.82, 2.24) is 5.16 Å². The molecule has 11 heavy (non-hydrogen) atoms. The van der Waals surface area contributed by atoms with Crippen molar-refractivity contribution in [3.05, 3.63) is 6.26 Å². The SMILES string of the molecule is COc1nocc1[Si](C)(C)C. The summed E-state index contributed by atoms with van der Waals surface area (Å²) in [6.45, 7) is 6.67. The van der Waals surface area contributed by atoms with Gasteiger partial charge in [0, 0.05) is 5.19 Å². The number of methoxy groups -OCH3 is 1. The molecule has 0 aromatic carbocycles. The minimum absolute atomic E-state index is 0.643. The van der Waals surface area contributed by atoms with Gasteiger partial charge in [-0.2, -0.15) is 0 Å². The van der Waals surface area contributed by atoms with Gasteiger partial charge in [-0.1, -0.05) is 19.6 Å². The van der Waals surface area contributed by atoms with Gasteiger partial charge in [0.05, 0.1) is 15.2 Å². The zero-order chi connectivity index (χ0) is 8.48. The summed E-state index contributed by atoms with van der Waals surface area (Å²) in [5.74, 6) is 0.643. The number of aromatic nitrogens is 1. The lowest BCUT2D eigenvalue weighted by Gasteiger charge is -2.12. The molecule has 1 aromatic heterocycles. The Balaban J connectivity index is 3.02. The summed E-state index contributed by atoms with van der Waals surface area (Å²) >= 11 is 0. The van der Waals surface area contributed by atoms with Gasteiger partial charge in [-0.05, 0) is 5.16 Å². The van der Waals surface area contributed by atoms with Crippen LogP contribution in [0.1, 0.15) is 0 Å². The summed E-state index contributed by atoms with van der Waals surface area (Å²) in [5.41, 5.74) is 0. The predicted octanol–water partition coefficient (Wildman–Crippen LogP) is 1.23.